The van der Waals surface area contributed by atoms with Gasteiger partial charge in [-0.25, -0.2) is 23.1 Å². The van der Waals surface area contributed by atoms with Crippen LogP contribution in [0.15, 0.2) is 50.9 Å². The van der Waals surface area contributed by atoms with Crippen molar-refractivity contribution in [2.75, 3.05) is 0 Å². The molecule has 3 aromatic rings. The van der Waals surface area contributed by atoms with Gasteiger partial charge in [-0.2, -0.15) is 0 Å². The molecule has 0 bridgehead atoms. The lowest BCUT2D eigenvalue weighted by Crippen LogP contribution is -2.38. The van der Waals surface area contributed by atoms with E-state index in [-0.39, 0.29) is 17.2 Å². The van der Waals surface area contributed by atoms with Crippen molar-refractivity contribution < 1.29 is 17.9 Å². The minimum Gasteiger partial charge on any atom is -0.456 e. The van der Waals surface area contributed by atoms with Crippen molar-refractivity contribution in [2.24, 2.45) is 19.2 Å². The fourth-order valence-electron chi connectivity index (χ4n) is 3.35. The molecule has 2 heterocycles. The number of nitrogens with two attached hydrogens (primary N) is 1. The number of hydrogen-bond acceptors (Lipinski definition) is 6. The van der Waals surface area contributed by atoms with E-state index in [2.05, 4.69) is 0 Å². The third kappa shape index (κ3) is 4.58. The van der Waals surface area contributed by atoms with Gasteiger partial charge in [-0.15, -0.1) is 0 Å². The molecule has 0 unspecified atom stereocenters. The van der Waals surface area contributed by atoms with Crippen molar-refractivity contribution in [3.8, 4) is 0 Å². The number of benzene rings is 1. The highest BCUT2D eigenvalue weighted by atomic mass is 32.2. The second kappa shape index (κ2) is 8.60. The van der Waals surface area contributed by atoms with Gasteiger partial charge in [0.15, 0.2) is 0 Å². The first-order valence-electron chi connectivity index (χ1n) is 9.61. The van der Waals surface area contributed by atoms with Gasteiger partial charge in [0.25, 0.3) is 5.56 Å². The summed E-state index contributed by atoms with van der Waals surface area (Å²) < 4.78 is 32.3. The summed E-state index contributed by atoms with van der Waals surface area (Å²) in [7, 11) is -0.895. The number of primary sulfonamides is 1. The summed E-state index contributed by atoms with van der Waals surface area (Å²) in [5.41, 5.74) is 1.97. The number of esters is 1. The molecule has 10 nitrogen and oxygen atoms in total. The third-order valence-corrected chi connectivity index (χ3v) is 6.29. The van der Waals surface area contributed by atoms with Crippen molar-refractivity contribution in [1.82, 2.24) is 13.7 Å². The Balaban J connectivity index is 1.79. The Morgan fingerprint density at radius 3 is 2.25 bits per heavy atom. The maximum absolute atomic E-state index is 12.7. The predicted molar refractivity (Wildman–Crippen MR) is 117 cm³/mol. The molecule has 2 N–H and O–H groups in total. The van der Waals surface area contributed by atoms with E-state index in [4.69, 9.17) is 9.88 Å². The van der Waals surface area contributed by atoms with Gasteiger partial charge in [-0.05, 0) is 37.6 Å². The molecule has 0 aliphatic carbocycles. The molecule has 0 atom stereocenters. The summed E-state index contributed by atoms with van der Waals surface area (Å²) in [6, 6.07) is 9.13. The van der Waals surface area contributed by atoms with Crippen LogP contribution in [0, 0.1) is 13.8 Å². The zero-order chi connectivity index (χ0) is 23.8. The Kier molecular flexibility index (Phi) is 6.24. The van der Waals surface area contributed by atoms with Gasteiger partial charge in [-0.3, -0.25) is 13.9 Å². The van der Waals surface area contributed by atoms with Crippen molar-refractivity contribution >= 4 is 16.0 Å². The van der Waals surface area contributed by atoms with Crippen LogP contribution < -0.4 is 16.4 Å². The summed E-state index contributed by atoms with van der Waals surface area (Å²) in [6.07, 6.45) is 0. The average molecular weight is 461 g/mol. The van der Waals surface area contributed by atoms with Crippen LogP contribution in [-0.4, -0.2) is 28.1 Å². The topological polar surface area (TPSA) is 135 Å². The molecule has 0 aliphatic heterocycles. The third-order valence-electron chi connectivity index (χ3n) is 5.36. The molecule has 0 fully saturated rings. The number of sulfonamides is 1. The molecule has 0 saturated heterocycles. The maximum Gasteiger partial charge on any atom is 0.340 e. The van der Waals surface area contributed by atoms with Crippen LogP contribution >= 0.6 is 0 Å². The Hall–Kier alpha value is -3.44. The van der Waals surface area contributed by atoms with Crippen molar-refractivity contribution in [3.63, 3.8) is 0 Å². The van der Waals surface area contributed by atoms with Crippen LogP contribution in [-0.2, 0) is 42.0 Å². The smallest absolute Gasteiger partial charge is 0.340 e. The normalized spacial score (nSPS) is 11.5. The number of rotatable bonds is 6. The molecule has 3 rings (SSSR count). The second-order valence-electron chi connectivity index (χ2n) is 7.51. The van der Waals surface area contributed by atoms with Crippen LogP contribution in [0.25, 0.3) is 0 Å². The predicted octanol–water partition coefficient (Wildman–Crippen LogP) is 0.555. The fraction of sp³-hybridized carbons (Fsp3) is 0.286. The zero-order valence-electron chi connectivity index (χ0n) is 18.2. The van der Waals surface area contributed by atoms with E-state index in [1.807, 2.05) is 11.5 Å². The van der Waals surface area contributed by atoms with E-state index in [1.165, 1.54) is 36.9 Å². The summed E-state index contributed by atoms with van der Waals surface area (Å²) in [6.45, 7) is 3.81. The van der Waals surface area contributed by atoms with Gasteiger partial charge in [0.05, 0.1) is 16.2 Å². The first-order valence-corrected chi connectivity index (χ1v) is 11.2. The van der Waals surface area contributed by atoms with Crippen molar-refractivity contribution in [2.45, 2.75) is 31.9 Å². The number of hydrogen-bond donors (Lipinski definition) is 1. The molecule has 0 amide bonds. The van der Waals surface area contributed by atoms with Gasteiger partial charge in [-0.1, -0.05) is 12.1 Å². The zero-order valence-corrected chi connectivity index (χ0v) is 19.0. The lowest BCUT2D eigenvalue weighted by molar-refractivity contribution is 0.0461. The SMILES string of the molecule is Cc1cc(C(=O)OCc2cc(=O)n(C)c(=O)n2C)c(C)n1Cc1ccc(S(N)(=O)=O)cc1. The molecule has 0 radical (unpaired) electrons. The summed E-state index contributed by atoms with van der Waals surface area (Å²) in [4.78, 5) is 36.6. The number of aromatic nitrogens is 3. The largest absolute Gasteiger partial charge is 0.456 e. The number of aryl methyl sites for hydroxylation is 1. The number of nitrogens with zero attached hydrogens (tertiary/aromatic N) is 3. The van der Waals surface area contributed by atoms with E-state index in [0.717, 1.165) is 15.8 Å². The molecule has 11 heteroatoms. The minimum atomic E-state index is -3.77. The quantitative estimate of drug-likeness (QED) is 0.534. The highest BCUT2D eigenvalue weighted by Gasteiger charge is 2.18. The van der Waals surface area contributed by atoms with E-state index in [1.54, 1.807) is 25.1 Å². The van der Waals surface area contributed by atoms with Crippen LogP contribution in [0.1, 0.15) is 33.0 Å². The number of carbonyl (C=O) groups is 1. The first kappa shape index (κ1) is 23.2. The Bertz CT molecular complexity index is 1410. The minimum absolute atomic E-state index is 0.0246. The average Bonchev–Trinajstić information content (AvgIpc) is 3.01. The number of ether oxygens (including phenoxy) is 1. The van der Waals surface area contributed by atoms with E-state index in [0.29, 0.717) is 17.8 Å². The first-order chi connectivity index (χ1) is 14.9. The lowest BCUT2D eigenvalue weighted by atomic mass is 10.2. The molecule has 2 aromatic heterocycles. The van der Waals surface area contributed by atoms with Crippen molar-refractivity contribution in [3.05, 3.63) is 85.4 Å². The van der Waals surface area contributed by atoms with Crippen LogP contribution in [0.4, 0.5) is 0 Å². The van der Waals surface area contributed by atoms with Crippen LogP contribution in [0.5, 0.6) is 0 Å². The highest BCUT2D eigenvalue weighted by molar-refractivity contribution is 7.89. The van der Waals surface area contributed by atoms with Gasteiger partial charge in [0.1, 0.15) is 6.61 Å². The second-order valence-corrected chi connectivity index (χ2v) is 9.07. The van der Waals surface area contributed by atoms with Crippen molar-refractivity contribution in [1.29, 1.82) is 0 Å². The fourth-order valence-corrected chi connectivity index (χ4v) is 3.87. The molecule has 1 aromatic carbocycles. The van der Waals surface area contributed by atoms with Gasteiger partial charge in [0, 0.05) is 38.1 Å². The Labute approximate surface area is 184 Å². The van der Waals surface area contributed by atoms with E-state index >= 15 is 0 Å². The summed E-state index contributed by atoms with van der Waals surface area (Å²) >= 11 is 0. The Morgan fingerprint density at radius 2 is 1.66 bits per heavy atom. The lowest BCUT2D eigenvalue weighted by Gasteiger charge is -2.11. The van der Waals surface area contributed by atoms with Crippen LogP contribution in [0.3, 0.4) is 0 Å². The molecule has 0 aliphatic rings. The Morgan fingerprint density at radius 1 is 1.03 bits per heavy atom. The van der Waals surface area contributed by atoms with Gasteiger partial charge in [0.2, 0.25) is 10.0 Å². The highest BCUT2D eigenvalue weighted by Crippen LogP contribution is 2.19. The molecule has 32 heavy (non-hydrogen) atoms. The summed E-state index contributed by atoms with van der Waals surface area (Å²) in [5, 5.41) is 5.13. The standard InChI is InChI=1S/C21H24N4O6S/c1-13-9-18(20(27)31-12-16-10-19(26)24(4)21(28)23(16)3)14(2)25(13)11-15-5-7-17(8-6-15)32(22,29)30/h5-10H,11-12H2,1-4H3,(H2,22,29,30). The molecule has 0 saturated carbocycles. The summed E-state index contributed by atoms with van der Waals surface area (Å²) in [5.74, 6) is -0.581. The molecular formula is C21H24N4O6S. The monoisotopic (exact) mass is 460 g/mol. The van der Waals surface area contributed by atoms with E-state index < -0.39 is 27.2 Å². The van der Waals surface area contributed by atoms with Gasteiger partial charge >= 0.3 is 11.7 Å². The van der Waals surface area contributed by atoms with Crippen LogP contribution in [0.2, 0.25) is 0 Å². The number of carbonyl (C=O) groups excluding carboxylic acids is 1. The molecular weight excluding hydrogens is 436 g/mol. The molecule has 0 spiro atoms. The maximum atomic E-state index is 12.7. The van der Waals surface area contributed by atoms with Gasteiger partial charge < -0.3 is 9.30 Å². The van der Waals surface area contributed by atoms with E-state index in [9.17, 15) is 22.8 Å². The molecule has 170 valence electrons.